The molecule has 1 aliphatic rings. The van der Waals surface area contributed by atoms with Crippen LogP contribution in [0, 0.1) is 12.8 Å². The lowest BCUT2D eigenvalue weighted by molar-refractivity contribution is -0.150. The van der Waals surface area contributed by atoms with Crippen LogP contribution in [0.15, 0.2) is 36.4 Å². The van der Waals surface area contributed by atoms with Crippen molar-refractivity contribution < 1.29 is 28.6 Å². The lowest BCUT2D eigenvalue weighted by atomic mass is 10.0. The Kier molecular flexibility index (Phi) is 6.63. The van der Waals surface area contributed by atoms with Gasteiger partial charge in [-0.25, -0.2) is 4.79 Å². The maximum absolute atomic E-state index is 13.0. The minimum absolute atomic E-state index is 0.0111. The quantitative estimate of drug-likeness (QED) is 0.473. The van der Waals surface area contributed by atoms with E-state index in [0.29, 0.717) is 29.0 Å². The summed E-state index contributed by atoms with van der Waals surface area (Å²) in [5, 5.41) is 0. The molecule has 7 nitrogen and oxygen atoms in total. The molecule has 0 N–H and O–H groups in total. The van der Waals surface area contributed by atoms with Crippen molar-refractivity contribution in [2.45, 2.75) is 39.8 Å². The van der Waals surface area contributed by atoms with E-state index in [1.54, 1.807) is 43.5 Å². The fraction of sp³-hybridized carbons (Fsp3) is 0.375. The normalized spacial score (nSPS) is 13.9. The Labute approximate surface area is 181 Å². The molecular weight excluding hydrogens is 398 g/mol. The van der Waals surface area contributed by atoms with Crippen LogP contribution >= 0.6 is 0 Å². The van der Waals surface area contributed by atoms with Crippen molar-refractivity contribution in [2.75, 3.05) is 14.2 Å². The number of aryl methyl sites for hydroxylation is 1. The van der Waals surface area contributed by atoms with Gasteiger partial charge < -0.3 is 14.2 Å². The average molecular weight is 425 g/mol. The Morgan fingerprint density at radius 2 is 1.52 bits per heavy atom. The molecule has 164 valence electrons. The van der Waals surface area contributed by atoms with E-state index in [4.69, 9.17) is 14.2 Å². The maximum Gasteiger partial charge on any atom is 0.329 e. The molecule has 1 atom stereocenters. The van der Waals surface area contributed by atoms with Crippen molar-refractivity contribution >= 4 is 17.8 Å². The van der Waals surface area contributed by atoms with E-state index in [0.717, 1.165) is 16.0 Å². The number of ether oxygens (including phenoxy) is 3. The van der Waals surface area contributed by atoms with Crippen molar-refractivity contribution in [2.24, 2.45) is 5.92 Å². The summed E-state index contributed by atoms with van der Waals surface area (Å²) in [6.07, 6.45) is 0.315. The molecule has 0 aliphatic carbocycles. The van der Waals surface area contributed by atoms with Crippen molar-refractivity contribution in [3.8, 4) is 11.5 Å². The van der Waals surface area contributed by atoms with Gasteiger partial charge in [0.1, 0.15) is 12.6 Å². The number of rotatable bonds is 8. The summed E-state index contributed by atoms with van der Waals surface area (Å²) < 4.78 is 16.2. The number of hydrogen-bond donors (Lipinski definition) is 0. The molecule has 1 aliphatic heterocycles. The van der Waals surface area contributed by atoms with Gasteiger partial charge in [0.2, 0.25) is 0 Å². The number of esters is 1. The van der Waals surface area contributed by atoms with Crippen molar-refractivity contribution in [1.82, 2.24) is 4.90 Å². The fourth-order valence-corrected chi connectivity index (χ4v) is 3.67. The highest BCUT2D eigenvalue weighted by atomic mass is 16.5. The van der Waals surface area contributed by atoms with Crippen LogP contribution in [0.1, 0.15) is 52.1 Å². The predicted molar refractivity (Wildman–Crippen MR) is 114 cm³/mol. The zero-order valence-corrected chi connectivity index (χ0v) is 18.4. The van der Waals surface area contributed by atoms with E-state index >= 15 is 0 Å². The fourth-order valence-electron chi connectivity index (χ4n) is 3.67. The number of benzene rings is 2. The Bertz CT molecular complexity index is 978. The lowest BCUT2D eigenvalue weighted by Crippen LogP contribution is -2.46. The van der Waals surface area contributed by atoms with Crippen LogP contribution in [0.2, 0.25) is 0 Å². The smallest absolute Gasteiger partial charge is 0.329 e. The third-order valence-corrected chi connectivity index (χ3v) is 5.32. The standard InChI is InChI=1S/C24H27NO6/c1-14(2)10-19(25-22(26)17-8-6-7-9-18(17)23(25)27)24(28)31-13-16-12-21(30-5)20(29-4)11-15(16)3/h6-9,11-12,14,19H,10,13H2,1-5H3/t19-/m0/s1. The highest BCUT2D eigenvalue weighted by Crippen LogP contribution is 2.31. The number of carbonyl (C=O) groups is 3. The number of nitrogens with zero attached hydrogens (tertiary/aromatic N) is 1. The number of fused-ring (bicyclic) bond motifs is 1. The zero-order chi connectivity index (χ0) is 22.7. The molecule has 0 unspecified atom stereocenters. The molecule has 2 amide bonds. The number of imide groups is 1. The van der Waals surface area contributed by atoms with Crippen LogP contribution < -0.4 is 9.47 Å². The van der Waals surface area contributed by atoms with E-state index in [2.05, 4.69) is 0 Å². The monoisotopic (exact) mass is 425 g/mol. The molecule has 0 bridgehead atoms. The van der Waals surface area contributed by atoms with Gasteiger partial charge in [-0.3, -0.25) is 14.5 Å². The molecule has 3 rings (SSSR count). The minimum Gasteiger partial charge on any atom is -0.493 e. The van der Waals surface area contributed by atoms with Crippen molar-refractivity contribution in [3.05, 3.63) is 58.7 Å². The summed E-state index contributed by atoms with van der Waals surface area (Å²) in [6.45, 7) is 5.72. The van der Waals surface area contributed by atoms with E-state index in [9.17, 15) is 14.4 Å². The van der Waals surface area contributed by atoms with Gasteiger partial charge in [0.05, 0.1) is 25.3 Å². The molecule has 2 aromatic rings. The number of amides is 2. The molecule has 2 aromatic carbocycles. The van der Waals surface area contributed by atoms with Gasteiger partial charge in [0.25, 0.3) is 11.8 Å². The first-order chi connectivity index (χ1) is 14.8. The summed E-state index contributed by atoms with van der Waals surface area (Å²) in [5.41, 5.74) is 2.23. The molecule has 0 fully saturated rings. The van der Waals surface area contributed by atoms with E-state index in [1.165, 1.54) is 7.11 Å². The lowest BCUT2D eigenvalue weighted by Gasteiger charge is -2.26. The third kappa shape index (κ3) is 4.40. The maximum atomic E-state index is 13.0. The average Bonchev–Trinajstić information content (AvgIpc) is 3.01. The van der Waals surface area contributed by atoms with Crippen LogP contribution in [0.3, 0.4) is 0 Å². The van der Waals surface area contributed by atoms with Gasteiger partial charge in [-0.2, -0.15) is 0 Å². The van der Waals surface area contributed by atoms with Gasteiger partial charge in [0.15, 0.2) is 11.5 Å². The summed E-state index contributed by atoms with van der Waals surface area (Å²) in [5.74, 6) is -0.366. The van der Waals surface area contributed by atoms with Crippen molar-refractivity contribution in [1.29, 1.82) is 0 Å². The minimum atomic E-state index is -0.993. The van der Waals surface area contributed by atoms with Gasteiger partial charge in [-0.1, -0.05) is 26.0 Å². The largest absolute Gasteiger partial charge is 0.493 e. The topological polar surface area (TPSA) is 82.1 Å². The SMILES string of the molecule is COc1cc(C)c(COC(=O)[C@H](CC(C)C)N2C(=O)c3ccccc3C2=O)cc1OC. The number of hydrogen-bond acceptors (Lipinski definition) is 6. The van der Waals surface area contributed by atoms with Crippen LogP contribution in [0.5, 0.6) is 11.5 Å². The van der Waals surface area contributed by atoms with Gasteiger partial charge >= 0.3 is 5.97 Å². The van der Waals surface area contributed by atoms with E-state index < -0.39 is 23.8 Å². The highest BCUT2D eigenvalue weighted by Gasteiger charge is 2.43. The highest BCUT2D eigenvalue weighted by molar-refractivity contribution is 6.22. The molecule has 1 heterocycles. The van der Waals surface area contributed by atoms with Crippen molar-refractivity contribution in [3.63, 3.8) is 0 Å². The molecule has 0 saturated carbocycles. The summed E-state index contributed by atoms with van der Waals surface area (Å²) in [4.78, 5) is 39.8. The van der Waals surface area contributed by atoms with Crippen LogP contribution in [-0.4, -0.2) is 42.9 Å². The Morgan fingerprint density at radius 3 is 2.03 bits per heavy atom. The molecule has 0 saturated heterocycles. The first kappa shape index (κ1) is 22.3. The van der Waals surface area contributed by atoms with E-state index in [-0.39, 0.29) is 12.5 Å². The first-order valence-corrected chi connectivity index (χ1v) is 10.1. The second-order valence-corrected chi connectivity index (χ2v) is 7.91. The zero-order valence-electron chi connectivity index (χ0n) is 18.4. The van der Waals surface area contributed by atoms with Gasteiger partial charge in [-0.15, -0.1) is 0 Å². The number of methoxy groups -OCH3 is 2. The Morgan fingerprint density at radius 1 is 0.968 bits per heavy atom. The van der Waals surface area contributed by atoms with Crippen LogP contribution in [0.4, 0.5) is 0 Å². The third-order valence-electron chi connectivity index (χ3n) is 5.32. The van der Waals surface area contributed by atoms with E-state index in [1.807, 2.05) is 20.8 Å². The molecule has 0 aromatic heterocycles. The first-order valence-electron chi connectivity index (χ1n) is 10.1. The number of carbonyl (C=O) groups excluding carboxylic acids is 3. The molecule has 7 heteroatoms. The van der Waals surface area contributed by atoms with Gasteiger partial charge in [-0.05, 0) is 54.7 Å². The second-order valence-electron chi connectivity index (χ2n) is 7.91. The summed E-state index contributed by atoms with van der Waals surface area (Å²) in [6, 6.07) is 9.15. The van der Waals surface area contributed by atoms with Crippen LogP contribution in [0.25, 0.3) is 0 Å². The van der Waals surface area contributed by atoms with Gasteiger partial charge in [0, 0.05) is 0 Å². The Hall–Kier alpha value is -3.35. The molecular formula is C24H27NO6. The molecule has 0 radical (unpaired) electrons. The van der Waals surface area contributed by atoms with Crippen LogP contribution in [-0.2, 0) is 16.1 Å². The Balaban J connectivity index is 1.82. The summed E-state index contributed by atoms with van der Waals surface area (Å²) in [7, 11) is 3.08. The predicted octanol–water partition coefficient (Wildman–Crippen LogP) is 3.77. The second kappa shape index (κ2) is 9.20. The molecule has 0 spiro atoms. The molecule has 31 heavy (non-hydrogen) atoms. The summed E-state index contributed by atoms with van der Waals surface area (Å²) >= 11 is 0.